The van der Waals surface area contributed by atoms with Gasteiger partial charge < -0.3 is 16.0 Å². The number of hydrogen-bond acceptors (Lipinski definition) is 3. The summed E-state index contributed by atoms with van der Waals surface area (Å²) in [5, 5.41) is 2.85. The SMILES string of the molecule is N[C@@H](Cc1ccccc1)C(=O)Nc1ccc(CN2CCCC2=O)cc1. The number of likely N-dealkylation sites (tertiary alicyclic amines) is 1. The first kappa shape index (κ1) is 17.2. The maximum atomic E-state index is 12.2. The van der Waals surface area contributed by atoms with Gasteiger partial charge in [-0.3, -0.25) is 9.59 Å². The van der Waals surface area contributed by atoms with Crippen molar-refractivity contribution in [3.8, 4) is 0 Å². The summed E-state index contributed by atoms with van der Waals surface area (Å²) in [4.78, 5) is 25.8. The minimum Gasteiger partial charge on any atom is -0.338 e. The monoisotopic (exact) mass is 337 g/mol. The predicted octanol–water partition coefficient (Wildman–Crippen LogP) is 2.32. The van der Waals surface area contributed by atoms with E-state index in [0.717, 1.165) is 24.1 Å². The zero-order chi connectivity index (χ0) is 17.6. The minimum absolute atomic E-state index is 0.202. The van der Waals surface area contributed by atoms with E-state index >= 15 is 0 Å². The van der Waals surface area contributed by atoms with Crippen molar-refractivity contribution < 1.29 is 9.59 Å². The van der Waals surface area contributed by atoms with Gasteiger partial charge in [-0.1, -0.05) is 42.5 Å². The maximum Gasteiger partial charge on any atom is 0.241 e. The third-order valence-electron chi connectivity index (χ3n) is 4.40. The van der Waals surface area contributed by atoms with E-state index in [9.17, 15) is 9.59 Å². The molecule has 2 amide bonds. The molecule has 1 atom stereocenters. The van der Waals surface area contributed by atoms with E-state index in [2.05, 4.69) is 5.32 Å². The van der Waals surface area contributed by atoms with Gasteiger partial charge in [0.25, 0.3) is 0 Å². The normalized spacial score (nSPS) is 15.2. The summed E-state index contributed by atoms with van der Waals surface area (Å²) in [7, 11) is 0. The molecule has 0 saturated carbocycles. The number of carbonyl (C=O) groups is 2. The third kappa shape index (κ3) is 4.67. The second-order valence-electron chi connectivity index (χ2n) is 6.40. The quantitative estimate of drug-likeness (QED) is 0.849. The Kier molecular flexibility index (Phi) is 5.46. The Morgan fingerprint density at radius 2 is 1.80 bits per heavy atom. The molecular formula is C20H23N3O2. The van der Waals surface area contributed by atoms with E-state index < -0.39 is 6.04 Å². The zero-order valence-electron chi connectivity index (χ0n) is 14.2. The van der Waals surface area contributed by atoms with Gasteiger partial charge >= 0.3 is 0 Å². The van der Waals surface area contributed by atoms with Crippen molar-refractivity contribution in [2.45, 2.75) is 31.8 Å². The number of nitrogens with one attached hydrogen (secondary N) is 1. The molecule has 0 aromatic heterocycles. The van der Waals surface area contributed by atoms with Crippen LogP contribution in [0.2, 0.25) is 0 Å². The van der Waals surface area contributed by atoms with E-state index in [1.807, 2.05) is 59.5 Å². The molecule has 0 spiro atoms. The Morgan fingerprint density at radius 3 is 2.44 bits per heavy atom. The largest absolute Gasteiger partial charge is 0.338 e. The average molecular weight is 337 g/mol. The topological polar surface area (TPSA) is 75.4 Å². The van der Waals surface area contributed by atoms with E-state index in [1.165, 1.54) is 0 Å². The number of nitrogens with zero attached hydrogens (tertiary/aromatic N) is 1. The van der Waals surface area contributed by atoms with E-state index in [-0.39, 0.29) is 11.8 Å². The standard InChI is InChI=1S/C20H23N3O2/c21-18(13-15-5-2-1-3-6-15)20(25)22-17-10-8-16(9-11-17)14-23-12-4-7-19(23)24/h1-3,5-6,8-11,18H,4,7,12-14,21H2,(H,22,25)/t18-/m0/s1. The maximum absolute atomic E-state index is 12.2. The summed E-state index contributed by atoms with van der Waals surface area (Å²) < 4.78 is 0. The fourth-order valence-corrected chi connectivity index (χ4v) is 2.98. The summed E-state index contributed by atoms with van der Waals surface area (Å²) >= 11 is 0. The Hall–Kier alpha value is -2.66. The lowest BCUT2D eigenvalue weighted by atomic mass is 10.1. The molecule has 3 rings (SSSR count). The molecule has 130 valence electrons. The van der Waals surface area contributed by atoms with Gasteiger partial charge in [-0.15, -0.1) is 0 Å². The van der Waals surface area contributed by atoms with Crippen LogP contribution >= 0.6 is 0 Å². The summed E-state index contributed by atoms with van der Waals surface area (Å²) in [6, 6.07) is 16.7. The van der Waals surface area contributed by atoms with Gasteiger partial charge in [-0.05, 0) is 36.1 Å². The Bertz CT molecular complexity index is 728. The Balaban J connectivity index is 1.53. The lowest BCUT2D eigenvalue weighted by molar-refractivity contribution is -0.128. The second kappa shape index (κ2) is 7.94. The molecule has 1 saturated heterocycles. The van der Waals surface area contributed by atoms with Crippen LogP contribution in [0.4, 0.5) is 5.69 Å². The summed E-state index contributed by atoms with van der Waals surface area (Å²) in [5.41, 5.74) is 8.80. The highest BCUT2D eigenvalue weighted by Crippen LogP contribution is 2.16. The Morgan fingerprint density at radius 1 is 1.08 bits per heavy atom. The van der Waals surface area contributed by atoms with Crippen LogP contribution in [0, 0.1) is 0 Å². The first-order chi connectivity index (χ1) is 12.1. The summed E-state index contributed by atoms with van der Waals surface area (Å²) in [6.45, 7) is 1.45. The molecule has 0 aliphatic carbocycles. The van der Waals surface area contributed by atoms with Crippen LogP contribution in [0.3, 0.4) is 0 Å². The van der Waals surface area contributed by atoms with Crippen molar-refractivity contribution in [1.29, 1.82) is 0 Å². The zero-order valence-corrected chi connectivity index (χ0v) is 14.2. The molecule has 5 heteroatoms. The van der Waals surface area contributed by atoms with Gasteiger partial charge in [-0.25, -0.2) is 0 Å². The third-order valence-corrected chi connectivity index (χ3v) is 4.40. The fourth-order valence-electron chi connectivity index (χ4n) is 2.98. The van der Waals surface area contributed by atoms with Gasteiger partial charge in [0.05, 0.1) is 6.04 Å². The number of benzene rings is 2. The molecular weight excluding hydrogens is 314 g/mol. The molecule has 5 nitrogen and oxygen atoms in total. The van der Waals surface area contributed by atoms with Crippen molar-refractivity contribution in [2.75, 3.05) is 11.9 Å². The molecule has 1 fully saturated rings. The van der Waals surface area contributed by atoms with Crippen LogP contribution in [0.1, 0.15) is 24.0 Å². The van der Waals surface area contributed by atoms with Crippen molar-refractivity contribution in [3.63, 3.8) is 0 Å². The molecule has 0 bridgehead atoms. The summed E-state index contributed by atoms with van der Waals surface area (Å²) in [6.07, 6.45) is 2.08. The van der Waals surface area contributed by atoms with Crippen molar-refractivity contribution in [2.24, 2.45) is 5.73 Å². The predicted molar refractivity (Wildman–Crippen MR) is 97.8 cm³/mol. The first-order valence-electron chi connectivity index (χ1n) is 8.59. The minimum atomic E-state index is -0.593. The van der Waals surface area contributed by atoms with E-state index in [4.69, 9.17) is 5.73 Å². The van der Waals surface area contributed by atoms with E-state index in [0.29, 0.717) is 25.1 Å². The number of carbonyl (C=O) groups excluding carboxylic acids is 2. The van der Waals surface area contributed by atoms with Gasteiger partial charge in [0.2, 0.25) is 11.8 Å². The molecule has 1 aliphatic rings. The second-order valence-corrected chi connectivity index (χ2v) is 6.40. The molecule has 2 aromatic carbocycles. The van der Waals surface area contributed by atoms with Crippen molar-refractivity contribution in [3.05, 3.63) is 65.7 Å². The number of nitrogens with two attached hydrogens (primary N) is 1. The molecule has 0 unspecified atom stereocenters. The number of amides is 2. The number of hydrogen-bond donors (Lipinski definition) is 2. The molecule has 3 N–H and O–H groups in total. The fraction of sp³-hybridized carbons (Fsp3) is 0.300. The Labute approximate surface area is 147 Å². The van der Waals surface area contributed by atoms with Crippen LogP contribution < -0.4 is 11.1 Å². The van der Waals surface area contributed by atoms with Crippen LogP contribution in [0.25, 0.3) is 0 Å². The molecule has 1 aliphatic heterocycles. The smallest absolute Gasteiger partial charge is 0.241 e. The van der Waals surface area contributed by atoms with Crippen LogP contribution in [0.15, 0.2) is 54.6 Å². The highest BCUT2D eigenvalue weighted by molar-refractivity contribution is 5.94. The average Bonchev–Trinajstić information content (AvgIpc) is 3.02. The summed E-state index contributed by atoms with van der Waals surface area (Å²) in [5.74, 6) is 0.00980. The van der Waals surface area contributed by atoms with Crippen LogP contribution in [-0.2, 0) is 22.6 Å². The highest BCUT2D eigenvalue weighted by atomic mass is 16.2. The van der Waals surface area contributed by atoms with Crippen molar-refractivity contribution in [1.82, 2.24) is 4.90 Å². The molecule has 25 heavy (non-hydrogen) atoms. The molecule has 0 radical (unpaired) electrons. The lowest BCUT2D eigenvalue weighted by Crippen LogP contribution is -2.37. The van der Waals surface area contributed by atoms with Gasteiger partial charge in [-0.2, -0.15) is 0 Å². The van der Waals surface area contributed by atoms with E-state index in [1.54, 1.807) is 0 Å². The van der Waals surface area contributed by atoms with Crippen molar-refractivity contribution >= 4 is 17.5 Å². The number of anilines is 1. The van der Waals surface area contributed by atoms with Gasteiger partial charge in [0.1, 0.15) is 0 Å². The van der Waals surface area contributed by atoms with Gasteiger partial charge in [0.15, 0.2) is 0 Å². The van der Waals surface area contributed by atoms with Gasteiger partial charge in [0, 0.05) is 25.2 Å². The molecule has 2 aromatic rings. The highest BCUT2D eigenvalue weighted by Gasteiger charge is 2.20. The molecule has 1 heterocycles. The van der Waals surface area contributed by atoms with Crippen LogP contribution in [-0.4, -0.2) is 29.3 Å². The first-order valence-corrected chi connectivity index (χ1v) is 8.59. The number of rotatable bonds is 6. The lowest BCUT2D eigenvalue weighted by Gasteiger charge is -2.16. The van der Waals surface area contributed by atoms with Crippen LogP contribution in [0.5, 0.6) is 0 Å².